The quantitative estimate of drug-likeness (QED) is 0.832. The maximum Gasteiger partial charge on any atom is 0.265 e. The predicted octanol–water partition coefficient (Wildman–Crippen LogP) is 4.06. The van der Waals surface area contributed by atoms with Crippen LogP contribution in [-0.4, -0.2) is 22.8 Å². The third-order valence-electron chi connectivity index (χ3n) is 3.33. The van der Waals surface area contributed by atoms with E-state index in [1.54, 1.807) is 25.2 Å². The molecule has 0 N–H and O–H groups in total. The van der Waals surface area contributed by atoms with Gasteiger partial charge in [-0.05, 0) is 18.9 Å². The van der Waals surface area contributed by atoms with Gasteiger partial charge in [0.05, 0.1) is 10.7 Å². The first-order chi connectivity index (χ1) is 10.4. The molecule has 0 saturated carbocycles. The lowest BCUT2D eigenvalue weighted by molar-refractivity contribution is 0.0787. The number of benzene rings is 1. The molecular weight excluding hydrogens is 299 g/mol. The number of thiazole rings is 1. The van der Waals surface area contributed by atoms with E-state index in [1.165, 1.54) is 22.3 Å². The van der Waals surface area contributed by atoms with Gasteiger partial charge in [0.25, 0.3) is 5.91 Å². The molecule has 0 aliphatic heterocycles. The topological polar surface area (TPSA) is 33.2 Å². The Bertz CT molecular complexity index is 666. The van der Waals surface area contributed by atoms with Crippen molar-refractivity contribution in [3.63, 3.8) is 0 Å². The first-order valence-electron chi connectivity index (χ1n) is 7.33. The highest BCUT2D eigenvalue weighted by Crippen LogP contribution is 2.23. The van der Waals surface area contributed by atoms with Crippen LogP contribution in [0.2, 0.25) is 0 Å². The molecule has 0 unspecified atom stereocenters. The van der Waals surface area contributed by atoms with Gasteiger partial charge in [0.1, 0.15) is 10.7 Å². The molecule has 3 nitrogen and oxygen atoms in total. The maximum atomic E-state index is 13.7. The lowest BCUT2D eigenvalue weighted by atomic mass is 10.1. The Hall–Kier alpha value is -1.75. The molecule has 1 aromatic heterocycles. The number of nitrogens with zero attached hydrogens (tertiary/aromatic N) is 2. The largest absolute Gasteiger partial charge is 0.337 e. The van der Waals surface area contributed by atoms with Crippen molar-refractivity contribution in [2.24, 2.45) is 5.92 Å². The summed E-state index contributed by atoms with van der Waals surface area (Å²) in [4.78, 5) is 19.2. The zero-order chi connectivity index (χ0) is 16.3. The second kappa shape index (κ2) is 7.01. The summed E-state index contributed by atoms with van der Waals surface area (Å²) in [6.07, 6.45) is 0.871. The number of halogens is 1. The standard InChI is InChI=1S/C17H21FN2OS/c1-11(2)9-15-19-12(3)16(22-15)17(21)20(4)10-13-7-5-6-8-14(13)18/h5-8,11H,9-10H2,1-4H3. The molecule has 0 aliphatic carbocycles. The number of carbonyl (C=O) groups excluding carboxylic acids is 1. The molecule has 1 heterocycles. The van der Waals surface area contributed by atoms with Crippen molar-refractivity contribution >= 4 is 17.2 Å². The van der Waals surface area contributed by atoms with Crippen LogP contribution >= 0.6 is 11.3 Å². The minimum absolute atomic E-state index is 0.103. The zero-order valence-corrected chi connectivity index (χ0v) is 14.2. The Balaban J connectivity index is 2.14. The van der Waals surface area contributed by atoms with Gasteiger partial charge in [-0.2, -0.15) is 0 Å². The van der Waals surface area contributed by atoms with Crippen LogP contribution in [0.25, 0.3) is 0 Å². The van der Waals surface area contributed by atoms with Crippen LogP contribution < -0.4 is 0 Å². The lowest BCUT2D eigenvalue weighted by Gasteiger charge is -2.17. The second-order valence-electron chi connectivity index (χ2n) is 5.87. The molecule has 22 heavy (non-hydrogen) atoms. The zero-order valence-electron chi connectivity index (χ0n) is 13.4. The van der Waals surface area contributed by atoms with Crippen molar-refractivity contribution in [3.05, 3.63) is 51.2 Å². The van der Waals surface area contributed by atoms with Crippen LogP contribution in [0.1, 0.15) is 39.8 Å². The van der Waals surface area contributed by atoms with E-state index in [0.717, 1.165) is 17.1 Å². The van der Waals surface area contributed by atoms with Crippen LogP contribution in [0.4, 0.5) is 4.39 Å². The molecule has 0 radical (unpaired) electrons. The van der Waals surface area contributed by atoms with Gasteiger partial charge in [0, 0.05) is 25.6 Å². The molecule has 0 aliphatic rings. The molecule has 0 spiro atoms. The SMILES string of the molecule is Cc1nc(CC(C)C)sc1C(=O)N(C)Cc1ccccc1F. The van der Waals surface area contributed by atoms with Crippen molar-refractivity contribution in [2.45, 2.75) is 33.7 Å². The Labute approximate surface area is 134 Å². The summed E-state index contributed by atoms with van der Waals surface area (Å²) in [7, 11) is 1.69. The molecular formula is C17H21FN2OS. The van der Waals surface area contributed by atoms with E-state index in [0.29, 0.717) is 16.4 Å². The average Bonchev–Trinajstić information content (AvgIpc) is 2.80. The summed E-state index contributed by atoms with van der Waals surface area (Å²) in [6.45, 7) is 6.36. The van der Waals surface area contributed by atoms with Gasteiger partial charge in [-0.25, -0.2) is 9.37 Å². The van der Waals surface area contributed by atoms with Crippen molar-refractivity contribution in [1.29, 1.82) is 0 Å². The Kier molecular flexibility index (Phi) is 5.29. The van der Waals surface area contributed by atoms with E-state index >= 15 is 0 Å². The highest BCUT2D eigenvalue weighted by Gasteiger charge is 2.20. The number of aryl methyl sites for hydroxylation is 1. The molecule has 0 fully saturated rings. The summed E-state index contributed by atoms with van der Waals surface area (Å²) in [5.74, 6) is 0.113. The van der Waals surface area contributed by atoms with Crippen LogP contribution in [0.3, 0.4) is 0 Å². The first kappa shape index (κ1) is 16.6. The third kappa shape index (κ3) is 3.91. The number of aromatic nitrogens is 1. The van der Waals surface area contributed by atoms with Gasteiger partial charge >= 0.3 is 0 Å². The Morgan fingerprint density at radius 2 is 2.05 bits per heavy atom. The number of hydrogen-bond donors (Lipinski definition) is 0. The van der Waals surface area contributed by atoms with E-state index in [4.69, 9.17) is 0 Å². The van der Waals surface area contributed by atoms with Crippen LogP contribution in [0.5, 0.6) is 0 Å². The van der Waals surface area contributed by atoms with Gasteiger partial charge in [-0.3, -0.25) is 4.79 Å². The fraction of sp³-hybridized carbons (Fsp3) is 0.412. The van der Waals surface area contributed by atoms with E-state index in [-0.39, 0.29) is 18.3 Å². The first-order valence-corrected chi connectivity index (χ1v) is 8.15. The van der Waals surface area contributed by atoms with Crippen molar-refractivity contribution in [3.8, 4) is 0 Å². The summed E-state index contributed by atoms with van der Waals surface area (Å²) in [5, 5.41) is 0.982. The molecule has 5 heteroatoms. The molecule has 118 valence electrons. The van der Waals surface area contributed by atoms with Gasteiger partial charge in [0.2, 0.25) is 0 Å². The van der Waals surface area contributed by atoms with Crippen LogP contribution in [0.15, 0.2) is 24.3 Å². The van der Waals surface area contributed by atoms with Crippen molar-refractivity contribution < 1.29 is 9.18 Å². The van der Waals surface area contributed by atoms with Crippen LogP contribution in [0, 0.1) is 18.7 Å². The predicted molar refractivity (Wildman–Crippen MR) is 87.6 cm³/mol. The minimum atomic E-state index is -0.288. The fourth-order valence-electron chi connectivity index (χ4n) is 2.21. The van der Waals surface area contributed by atoms with Gasteiger partial charge in [-0.15, -0.1) is 11.3 Å². The van der Waals surface area contributed by atoms with Gasteiger partial charge in [0.15, 0.2) is 0 Å². The number of rotatable bonds is 5. The summed E-state index contributed by atoms with van der Waals surface area (Å²) < 4.78 is 13.7. The van der Waals surface area contributed by atoms with E-state index in [2.05, 4.69) is 18.8 Å². The highest BCUT2D eigenvalue weighted by molar-refractivity contribution is 7.13. The molecule has 1 amide bonds. The Morgan fingerprint density at radius 3 is 2.68 bits per heavy atom. The van der Waals surface area contributed by atoms with Crippen molar-refractivity contribution in [2.75, 3.05) is 7.05 Å². The monoisotopic (exact) mass is 320 g/mol. The smallest absolute Gasteiger partial charge is 0.265 e. The van der Waals surface area contributed by atoms with Gasteiger partial charge < -0.3 is 4.90 Å². The van der Waals surface area contributed by atoms with Crippen molar-refractivity contribution in [1.82, 2.24) is 9.88 Å². The average molecular weight is 320 g/mol. The normalized spacial score (nSPS) is 11.0. The third-order valence-corrected chi connectivity index (χ3v) is 4.50. The molecule has 0 atom stereocenters. The van der Waals surface area contributed by atoms with E-state index in [1.807, 2.05) is 6.92 Å². The molecule has 2 aromatic rings. The minimum Gasteiger partial charge on any atom is -0.337 e. The maximum absolute atomic E-state index is 13.7. The highest BCUT2D eigenvalue weighted by atomic mass is 32.1. The van der Waals surface area contributed by atoms with E-state index in [9.17, 15) is 9.18 Å². The number of amides is 1. The molecule has 0 saturated heterocycles. The van der Waals surface area contributed by atoms with Gasteiger partial charge in [-0.1, -0.05) is 32.0 Å². The number of hydrogen-bond acceptors (Lipinski definition) is 3. The lowest BCUT2D eigenvalue weighted by Crippen LogP contribution is -2.26. The summed E-state index contributed by atoms with van der Waals surface area (Å²) in [5.41, 5.74) is 1.27. The molecule has 0 bridgehead atoms. The number of carbonyl (C=O) groups is 1. The molecule has 1 aromatic carbocycles. The van der Waals surface area contributed by atoms with Crippen LogP contribution in [-0.2, 0) is 13.0 Å². The summed E-state index contributed by atoms with van der Waals surface area (Å²) in [6, 6.07) is 6.52. The second-order valence-corrected chi connectivity index (χ2v) is 6.96. The van der Waals surface area contributed by atoms with E-state index < -0.39 is 0 Å². The summed E-state index contributed by atoms with van der Waals surface area (Å²) >= 11 is 1.44. The Morgan fingerprint density at radius 1 is 1.36 bits per heavy atom. The molecule has 2 rings (SSSR count). The fourth-order valence-corrected chi connectivity index (χ4v) is 3.49.